The number of hydrogen-bond acceptors (Lipinski definition) is 3. The van der Waals surface area contributed by atoms with E-state index < -0.39 is 0 Å². The van der Waals surface area contributed by atoms with Crippen LogP contribution in [0.3, 0.4) is 0 Å². The summed E-state index contributed by atoms with van der Waals surface area (Å²) in [5, 5.41) is 3.37. The first-order chi connectivity index (χ1) is 8.88. The van der Waals surface area contributed by atoms with E-state index in [1.165, 1.54) is 0 Å². The van der Waals surface area contributed by atoms with E-state index in [-0.39, 0.29) is 5.54 Å². The number of ether oxygens (including phenoxy) is 2. The van der Waals surface area contributed by atoms with Crippen molar-refractivity contribution < 1.29 is 9.47 Å². The van der Waals surface area contributed by atoms with Gasteiger partial charge >= 0.3 is 0 Å². The van der Waals surface area contributed by atoms with Crippen LogP contribution in [0.5, 0.6) is 5.75 Å². The number of hydrogen-bond donors (Lipinski definition) is 1. The summed E-state index contributed by atoms with van der Waals surface area (Å²) in [6.45, 7) is 11.2. The smallest absolute Gasteiger partial charge is 0.122 e. The summed E-state index contributed by atoms with van der Waals surface area (Å²) in [6.07, 6.45) is 0. The molecule has 1 N–H and O–H groups in total. The molecule has 0 aliphatic rings. The van der Waals surface area contributed by atoms with Gasteiger partial charge in [-0.1, -0.05) is 15.9 Å². The van der Waals surface area contributed by atoms with Crippen molar-refractivity contribution in [3.63, 3.8) is 0 Å². The molecule has 0 fully saturated rings. The van der Waals surface area contributed by atoms with Crippen LogP contribution in [-0.2, 0) is 4.74 Å². The molecule has 1 aromatic rings. The van der Waals surface area contributed by atoms with Gasteiger partial charge in [0.25, 0.3) is 0 Å². The maximum absolute atomic E-state index is 5.67. The van der Waals surface area contributed by atoms with E-state index >= 15 is 0 Å². The predicted octanol–water partition coefficient (Wildman–Crippen LogP) is 3.54. The molecule has 0 saturated heterocycles. The second-order valence-corrected chi connectivity index (χ2v) is 6.46. The number of nitrogens with one attached hydrogen (secondary N) is 1. The van der Waals surface area contributed by atoms with Crippen LogP contribution in [0.15, 0.2) is 22.7 Å². The van der Waals surface area contributed by atoms with Gasteiger partial charge in [-0.25, -0.2) is 0 Å². The van der Waals surface area contributed by atoms with E-state index in [0.717, 1.165) is 22.3 Å². The minimum Gasteiger partial charge on any atom is -0.491 e. The average molecular weight is 330 g/mol. The Bertz CT molecular complexity index is 388. The van der Waals surface area contributed by atoms with Gasteiger partial charge in [0.1, 0.15) is 12.4 Å². The van der Waals surface area contributed by atoms with Crippen molar-refractivity contribution in [3.05, 3.63) is 28.2 Å². The first-order valence-electron chi connectivity index (χ1n) is 6.60. The fourth-order valence-corrected chi connectivity index (χ4v) is 2.06. The zero-order valence-corrected chi connectivity index (χ0v) is 13.8. The lowest BCUT2D eigenvalue weighted by atomic mass is 10.1. The number of halogens is 1. The molecule has 0 unspecified atom stereocenters. The Labute approximate surface area is 124 Å². The van der Waals surface area contributed by atoms with Crippen molar-refractivity contribution in [2.75, 3.05) is 26.4 Å². The maximum atomic E-state index is 5.67. The summed E-state index contributed by atoms with van der Waals surface area (Å²) >= 11 is 3.44. The highest BCUT2D eigenvalue weighted by Crippen LogP contribution is 2.21. The van der Waals surface area contributed by atoms with E-state index in [2.05, 4.69) is 42.0 Å². The molecule has 4 heteroatoms. The van der Waals surface area contributed by atoms with E-state index in [0.29, 0.717) is 19.8 Å². The molecular formula is C15H24BrNO2. The molecule has 0 saturated carbocycles. The van der Waals surface area contributed by atoms with Crippen LogP contribution in [0, 0.1) is 6.92 Å². The summed E-state index contributed by atoms with van der Waals surface area (Å²) in [6, 6.07) is 6.00. The van der Waals surface area contributed by atoms with Crippen LogP contribution in [0.4, 0.5) is 0 Å². The standard InChI is InChI=1S/C15H24BrNO2/c1-12-11-13(16)5-6-14(12)19-10-9-18-8-7-17-15(2,3)4/h5-6,11,17H,7-10H2,1-4H3. The van der Waals surface area contributed by atoms with Crippen molar-refractivity contribution in [2.24, 2.45) is 0 Å². The molecule has 3 nitrogen and oxygen atoms in total. The van der Waals surface area contributed by atoms with Gasteiger partial charge in [0.15, 0.2) is 0 Å². The molecule has 0 aromatic heterocycles. The third-order valence-electron chi connectivity index (χ3n) is 2.52. The highest BCUT2D eigenvalue weighted by atomic mass is 79.9. The van der Waals surface area contributed by atoms with Crippen molar-refractivity contribution in [3.8, 4) is 5.75 Å². The molecule has 108 valence electrons. The first kappa shape index (κ1) is 16.5. The van der Waals surface area contributed by atoms with Crippen LogP contribution in [0.1, 0.15) is 26.3 Å². The van der Waals surface area contributed by atoms with Crippen LogP contribution < -0.4 is 10.1 Å². The van der Waals surface area contributed by atoms with Crippen molar-refractivity contribution in [1.29, 1.82) is 0 Å². The van der Waals surface area contributed by atoms with Crippen LogP contribution >= 0.6 is 15.9 Å². The summed E-state index contributed by atoms with van der Waals surface area (Å²) in [5.41, 5.74) is 1.28. The summed E-state index contributed by atoms with van der Waals surface area (Å²) < 4.78 is 12.3. The van der Waals surface area contributed by atoms with E-state index in [9.17, 15) is 0 Å². The predicted molar refractivity (Wildman–Crippen MR) is 82.9 cm³/mol. The van der Waals surface area contributed by atoms with Gasteiger partial charge in [-0.15, -0.1) is 0 Å². The molecular weight excluding hydrogens is 306 g/mol. The molecule has 0 aliphatic heterocycles. The largest absolute Gasteiger partial charge is 0.491 e. The van der Waals surface area contributed by atoms with Gasteiger partial charge in [-0.2, -0.15) is 0 Å². The van der Waals surface area contributed by atoms with E-state index in [4.69, 9.17) is 9.47 Å². The Kier molecular flexibility index (Phi) is 6.83. The number of benzene rings is 1. The Morgan fingerprint density at radius 2 is 1.89 bits per heavy atom. The van der Waals surface area contributed by atoms with Gasteiger partial charge in [0.05, 0.1) is 13.2 Å². The lowest BCUT2D eigenvalue weighted by Gasteiger charge is -2.20. The van der Waals surface area contributed by atoms with Gasteiger partial charge in [-0.05, 0) is 51.5 Å². The highest BCUT2D eigenvalue weighted by Gasteiger charge is 2.07. The fourth-order valence-electron chi connectivity index (χ4n) is 1.59. The third kappa shape index (κ3) is 7.55. The zero-order chi connectivity index (χ0) is 14.3. The second-order valence-electron chi connectivity index (χ2n) is 5.55. The molecule has 0 spiro atoms. The molecule has 1 aromatic carbocycles. The quantitative estimate of drug-likeness (QED) is 0.776. The van der Waals surface area contributed by atoms with Gasteiger partial charge in [-0.3, -0.25) is 0 Å². The maximum Gasteiger partial charge on any atom is 0.122 e. The summed E-state index contributed by atoms with van der Waals surface area (Å²) in [7, 11) is 0. The zero-order valence-electron chi connectivity index (χ0n) is 12.3. The molecule has 0 radical (unpaired) electrons. The fraction of sp³-hybridized carbons (Fsp3) is 0.600. The molecule has 1 rings (SSSR count). The van der Waals surface area contributed by atoms with Gasteiger partial charge in [0, 0.05) is 16.6 Å². The van der Waals surface area contributed by atoms with E-state index in [1.54, 1.807) is 0 Å². The normalized spacial score (nSPS) is 11.6. The number of aryl methyl sites for hydroxylation is 1. The first-order valence-corrected chi connectivity index (χ1v) is 7.39. The second kappa shape index (κ2) is 7.88. The lowest BCUT2D eigenvalue weighted by molar-refractivity contribution is 0.0983. The Morgan fingerprint density at radius 3 is 2.53 bits per heavy atom. The topological polar surface area (TPSA) is 30.5 Å². The van der Waals surface area contributed by atoms with Crippen molar-refractivity contribution in [1.82, 2.24) is 5.32 Å². The summed E-state index contributed by atoms with van der Waals surface area (Å²) in [4.78, 5) is 0. The molecule has 0 atom stereocenters. The van der Waals surface area contributed by atoms with Crippen molar-refractivity contribution in [2.45, 2.75) is 33.2 Å². The summed E-state index contributed by atoms with van der Waals surface area (Å²) in [5.74, 6) is 0.916. The molecule has 0 aliphatic carbocycles. The van der Waals surface area contributed by atoms with Crippen LogP contribution in [0.2, 0.25) is 0 Å². The Balaban J connectivity index is 2.11. The molecule has 19 heavy (non-hydrogen) atoms. The van der Waals surface area contributed by atoms with Crippen LogP contribution in [-0.4, -0.2) is 31.9 Å². The highest BCUT2D eigenvalue weighted by molar-refractivity contribution is 9.10. The minimum atomic E-state index is 0.147. The Hall–Kier alpha value is -0.580. The Morgan fingerprint density at radius 1 is 1.16 bits per heavy atom. The SMILES string of the molecule is Cc1cc(Br)ccc1OCCOCCNC(C)(C)C. The number of rotatable bonds is 7. The third-order valence-corrected chi connectivity index (χ3v) is 3.02. The van der Waals surface area contributed by atoms with Crippen molar-refractivity contribution >= 4 is 15.9 Å². The molecule has 0 bridgehead atoms. The molecule has 0 amide bonds. The lowest BCUT2D eigenvalue weighted by Crippen LogP contribution is -2.38. The monoisotopic (exact) mass is 329 g/mol. The van der Waals surface area contributed by atoms with E-state index in [1.807, 2.05) is 25.1 Å². The van der Waals surface area contributed by atoms with Crippen LogP contribution in [0.25, 0.3) is 0 Å². The molecule has 0 heterocycles. The minimum absolute atomic E-state index is 0.147. The van der Waals surface area contributed by atoms with Gasteiger partial charge in [0.2, 0.25) is 0 Å². The van der Waals surface area contributed by atoms with Gasteiger partial charge < -0.3 is 14.8 Å². The average Bonchev–Trinajstić information content (AvgIpc) is 2.29.